The van der Waals surface area contributed by atoms with E-state index in [-0.39, 0.29) is 30.3 Å². The molecule has 1 aliphatic heterocycles. The Balaban J connectivity index is 2.00. The summed E-state index contributed by atoms with van der Waals surface area (Å²) < 4.78 is 5.96. The lowest BCUT2D eigenvalue weighted by Crippen LogP contribution is -2.20. The molecule has 0 aromatic carbocycles. The number of allylic oxidation sites excluding steroid dienone is 2. The Morgan fingerprint density at radius 1 is 1.39 bits per heavy atom. The zero-order chi connectivity index (χ0) is 20.7. The molecule has 28 heavy (non-hydrogen) atoms. The van der Waals surface area contributed by atoms with Gasteiger partial charge in [0, 0.05) is 31.1 Å². The highest BCUT2D eigenvalue weighted by atomic mass is 16.5. The molecule has 1 heterocycles. The summed E-state index contributed by atoms with van der Waals surface area (Å²) in [5, 5.41) is 38.9. The first-order chi connectivity index (χ1) is 13.4. The van der Waals surface area contributed by atoms with E-state index in [1.807, 2.05) is 13.0 Å². The van der Waals surface area contributed by atoms with Crippen LogP contribution in [0.25, 0.3) is 0 Å². The lowest BCUT2D eigenvalue weighted by atomic mass is 9.89. The normalized spacial score (nSPS) is 30.5. The summed E-state index contributed by atoms with van der Waals surface area (Å²) in [6, 6.07) is 2.16. The van der Waals surface area contributed by atoms with Crippen molar-refractivity contribution >= 4 is 5.97 Å². The summed E-state index contributed by atoms with van der Waals surface area (Å²) in [4.78, 5) is 10.7. The molecule has 0 aromatic rings. The van der Waals surface area contributed by atoms with Crippen molar-refractivity contribution in [1.29, 1.82) is 5.26 Å². The third kappa shape index (κ3) is 5.83. The van der Waals surface area contributed by atoms with Crippen LogP contribution >= 0.6 is 0 Å². The summed E-state index contributed by atoms with van der Waals surface area (Å²) in [6.07, 6.45) is 7.65. The van der Waals surface area contributed by atoms with Gasteiger partial charge in [0.25, 0.3) is 0 Å². The Labute approximate surface area is 167 Å². The second-order valence-electron chi connectivity index (χ2n) is 8.16. The molecule has 3 N–H and O–H groups in total. The number of nitriles is 1. The molecule has 2 fully saturated rings. The van der Waals surface area contributed by atoms with Crippen molar-refractivity contribution in [2.24, 2.45) is 17.8 Å². The minimum Gasteiger partial charge on any atom is -0.493 e. The van der Waals surface area contributed by atoms with Crippen molar-refractivity contribution in [2.75, 3.05) is 0 Å². The first kappa shape index (κ1) is 22.4. The van der Waals surface area contributed by atoms with Crippen LogP contribution in [0, 0.1) is 29.1 Å². The lowest BCUT2D eigenvalue weighted by molar-refractivity contribution is -0.137. The van der Waals surface area contributed by atoms with Crippen molar-refractivity contribution in [3.8, 4) is 6.07 Å². The van der Waals surface area contributed by atoms with Crippen molar-refractivity contribution < 1.29 is 24.9 Å². The van der Waals surface area contributed by atoms with Crippen LogP contribution in [0.4, 0.5) is 0 Å². The number of aliphatic hydroxyl groups excluding tert-OH is 2. The number of fused-ring (bicyclic) bond motifs is 1. The summed E-state index contributed by atoms with van der Waals surface area (Å²) in [5.41, 5.74) is 0.515. The Morgan fingerprint density at radius 3 is 2.79 bits per heavy atom. The molecule has 6 heteroatoms. The highest BCUT2D eigenvalue weighted by Gasteiger charge is 2.47. The van der Waals surface area contributed by atoms with E-state index in [4.69, 9.17) is 9.84 Å². The van der Waals surface area contributed by atoms with Crippen LogP contribution in [0.2, 0.25) is 0 Å². The van der Waals surface area contributed by atoms with Crippen molar-refractivity contribution in [2.45, 2.75) is 83.5 Å². The molecule has 2 rings (SSSR count). The van der Waals surface area contributed by atoms with Gasteiger partial charge < -0.3 is 20.1 Å². The maximum Gasteiger partial charge on any atom is 0.303 e. The summed E-state index contributed by atoms with van der Waals surface area (Å²) in [6.45, 7) is 4.17. The van der Waals surface area contributed by atoms with Crippen molar-refractivity contribution in [3.05, 3.63) is 23.5 Å². The third-order valence-corrected chi connectivity index (χ3v) is 6.02. The Bertz CT molecular complexity index is 635. The number of carboxylic acid groups (broad SMARTS) is 1. The fourth-order valence-electron chi connectivity index (χ4n) is 4.22. The fourth-order valence-corrected chi connectivity index (χ4v) is 4.22. The minimum atomic E-state index is -0.869. The molecule has 2 unspecified atom stereocenters. The van der Waals surface area contributed by atoms with Gasteiger partial charge in [-0.05, 0) is 25.2 Å². The number of carbonyl (C=O) groups is 1. The molecule has 6 nitrogen and oxygen atoms in total. The fraction of sp³-hybridized carbons (Fsp3) is 0.727. The maximum atomic E-state index is 10.7. The van der Waals surface area contributed by atoms with Gasteiger partial charge in [-0.1, -0.05) is 38.8 Å². The van der Waals surface area contributed by atoms with E-state index in [2.05, 4.69) is 13.0 Å². The number of carboxylic acids is 1. The average Bonchev–Trinajstić information content (AvgIpc) is 3.18. The van der Waals surface area contributed by atoms with E-state index >= 15 is 0 Å². The molecule has 1 aliphatic carbocycles. The molecular weight excluding hydrogens is 358 g/mol. The van der Waals surface area contributed by atoms with Crippen LogP contribution in [0.3, 0.4) is 0 Å². The number of hydrogen-bond acceptors (Lipinski definition) is 5. The van der Waals surface area contributed by atoms with Crippen LogP contribution in [-0.2, 0) is 9.53 Å². The van der Waals surface area contributed by atoms with Crippen LogP contribution in [0.1, 0.15) is 65.2 Å². The lowest BCUT2D eigenvalue weighted by Gasteiger charge is -2.18. The maximum absolute atomic E-state index is 10.7. The van der Waals surface area contributed by atoms with Gasteiger partial charge in [0.2, 0.25) is 0 Å². The molecule has 0 bridgehead atoms. The van der Waals surface area contributed by atoms with Crippen LogP contribution < -0.4 is 0 Å². The van der Waals surface area contributed by atoms with Gasteiger partial charge >= 0.3 is 5.97 Å². The summed E-state index contributed by atoms with van der Waals surface area (Å²) in [5.74, 6) is -0.0615. The van der Waals surface area contributed by atoms with Gasteiger partial charge in [-0.25, -0.2) is 0 Å². The number of ether oxygens (including phenoxy) is 1. The topological polar surface area (TPSA) is 111 Å². The van der Waals surface area contributed by atoms with E-state index in [1.54, 1.807) is 6.08 Å². The number of nitrogens with zero attached hydrogens (tertiary/aromatic N) is 1. The third-order valence-electron chi connectivity index (χ3n) is 6.02. The van der Waals surface area contributed by atoms with E-state index in [9.17, 15) is 20.3 Å². The van der Waals surface area contributed by atoms with Crippen LogP contribution in [0.15, 0.2) is 23.5 Å². The molecule has 6 atom stereocenters. The zero-order valence-electron chi connectivity index (χ0n) is 16.9. The molecule has 0 aromatic heterocycles. The minimum absolute atomic E-state index is 0.0312. The van der Waals surface area contributed by atoms with Crippen molar-refractivity contribution in [1.82, 2.24) is 0 Å². The molecule has 0 amide bonds. The molecule has 156 valence electrons. The van der Waals surface area contributed by atoms with E-state index < -0.39 is 18.2 Å². The smallest absolute Gasteiger partial charge is 0.303 e. The van der Waals surface area contributed by atoms with Gasteiger partial charge in [0.05, 0.1) is 23.9 Å². The summed E-state index contributed by atoms with van der Waals surface area (Å²) in [7, 11) is 0. The van der Waals surface area contributed by atoms with E-state index in [0.717, 1.165) is 19.3 Å². The number of unbranched alkanes of at least 4 members (excludes halogenated alkanes) is 1. The van der Waals surface area contributed by atoms with Crippen molar-refractivity contribution in [3.63, 3.8) is 0 Å². The van der Waals surface area contributed by atoms with Gasteiger partial charge in [-0.15, -0.1) is 0 Å². The van der Waals surface area contributed by atoms with Crippen LogP contribution in [0.5, 0.6) is 0 Å². The molecular formula is C22H33NO5. The largest absolute Gasteiger partial charge is 0.493 e. The molecule has 1 saturated heterocycles. The molecule has 0 spiro atoms. The highest BCUT2D eigenvalue weighted by Crippen LogP contribution is 2.46. The second kappa shape index (κ2) is 10.6. The SMILES string of the molecule is CCCCC(C)[C@H](O)/C=C/[C@H]1C(O)C[C@@H]2O/C(=C(\C#N)CCCC(=O)O)C[C@@H]21. The molecule has 0 radical (unpaired) electrons. The van der Waals surface area contributed by atoms with E-state index in [1.165, 1.54) is 0 Å². The average molecular weight is 392 g/mol. The number of aliphatic carboxylic acids is 1. The van der Waals surface area contributed by atoms with Gasteiger partial charge in [-0.3, -0.25) is 4.79 Å². The number of aliphatic hydroxyl groups is 2. The second-order valence-corrected chi connectivity index (χ2v) is 8.16. The Kier molecular flexibility index (Phi) is 8.53. The summed E-state index contributed by atoms with van der Waals surface area (Å²) >= 11 is 0. The Morgan fingerprint density at radius 2 is 2.14 bits per heavy atom. The predicted octanol–water partition coefficient (Wildman–Crippen LogP) is 3.55. The monoisotopic (exact) mass is 391 g/mol. The number of hydrogen-bond donors (Lipinski definition) is 3. The van der Waals surface area contributed by atoms with Crippen LogP contribution in [-0.4, -0.2) is 39.6 Å². The van der Waals surface area contributed by atoms with E-state index in [0.29, 0.717) is 37.0 Å². The first-order valence-electron chi connectivity index (χ1n) is 10.4. The highest BCUT2D eigenvalue weighted by molar-refractivity contribution is 5.66. The van der Waals surface area contributed by atoms with Gasteiger partial charge in [0.1, 0.15) is 11.9 Å². The Hall–Kier alpha value is -1.84. The van der Waals surface area contributed by atoms with Gasteiger partial charge in [0.15, 0.2) is 0 Å². The molecule has 1 saturated carbocycles. The first-order valence-corrected chi connectivity index (χ1v) is 10.4. The number of rotatable bonds is 10. The quantitative estimate of drug-likeness (QED) is 0.388. The van der Waals surface area contributed by atoms with Gasteiger partial charge in [-0.2, -0.15) is 5.26 Å². The standard InChI is InChI=1S/C22H33NO5/c1-3-4-6-14(2)18(24)10-9-16-17-11-20(28-21(17)12-19(16)25)15(13-23)7-5-8-22(26)27/h9-10,14,16-19,21,24-25H,3-8,11-12H2,1-2H3,(H,26,27)/b10-9+,20-15-/t14?,16-,17-,18-,19?,21+/m1/s1. The predicted molar refractivity (Wildman–Crippen MR) is 105 cm³/mol. The zero-order valence-corrected chi connectivity index (χ0v) is 16.9. The molecule has 2 aliphatic rings.